The van der Waals surface area contributed by atoms with Crippen LogP contribution in [0.15, 0.2) is 28.7 Å². The number of fused-ring (bicyclic) bond motifs is 1. The first-order valence-electron chi connectivity index (χ1n) is 8.42. The number of aryl methyl sites for hydroxylation is 1. The van der Waals surface area contributed by atoms with Crippen LogP contribution in [-0.4, -0.2) is 17.4 Å². The second kappa shape index (κ2) is 7.43. The number of amides is 1. The van der Waals surface area contributed by atoms with Crippen molar-refractivity contribution < 1.29 is 9.21 Å². The summed E-state index contributed by atoms with van der Waals surface area (Å²) in [5.74, 6) is 1.57. The van der Waals surface area contributed by atoms with Gasteiger partial charge in [-0.05, 0) is 37.3 Å². The molecular weight excluding hydrogens is 276 g/mol. The standard InChI is InChI=1S/C18H24N2O2/c21-17(19-13-14-7-2-1-3-8-14)11-6-12-18-20-15-9-4-5-10-16(15)22-18/h4-5,9-10,14H,1-3,6-8,11-13H2,(H,19,21). The van der Waals surface area contributed by atoms with E-state index in [-0.39, 0.29) is 5.91 Å². The Morgan fingerprint density at radius 1 is 1.23 bits per heavy atom. The predicted molar refractivity (Wildman–Crippen MR) is 86.5 cm³/mol. The molecule has 1 N–H and O–H groups in total. The van der Waals surface area contributed by atoms with E-state index in [9.17, 15) is 4.79 Å². The normalized spacial score (nSPS) is 16.0. The van der Waals surface area contributed by atoms with Crippen molar-refractivity contribution in [2.75, 3.05) is 6.54 Å². The second-order valence-electron chi connectivity index (χ2n) is 6.24. The molecule has 1 heterocycles. The van der Waals surface area contributed by atoms with Gasteiger partial charge in [0, 0.05) is 19.4 Å². The van der Waals surface area contributed by atoms with Crippen LogP contribution in [0.4, 0.5) is 0 Å². The Bertz CT molecular complexity index is 581. The van der Waals surface area contributed by atoms with Crippen LogP contribution in [0.1, 0.15) is 50.8 Å². The van der Waals surface area contributed by atoms with E-state index in [4.69, 9.17) is 4.42 Å². The van der Waals surface area contributed by atoms with Crippen LogP contribution < -0.4 is 5.32 Å². The number of benzene rings is 1. The Hall–Kier alpha value is -1.84. The van der Waals surface area contributed by atoms with Crippen molar-refractivity contribution in [1.82, 2.24) is 10.3 Å². The number of carbonyl (C=O) groups excluding carboxylic acids is 1. The van der Waals surface area contributed by atoms with Crippen LogP contribution >= 0.6 is 0 Å². The second-order valence-corrected chi connectivity index (χ2v) is 6.24. The van der Waals surface area contributed by atoms with E-state index >= 15 is 0 Å². The topological polar surface area (TPSA) is 55.1 Å². The minimum atomic E-state index is 0.154. The number of hydrogen-bond donors (Lipinski definition) is 1. The quantitative estimate of drug-likeness (QED) is 0.881. The van der Waals surface area contributed by atoms with E-state index < -0.39 is 0 Å². The number of nitrogens with zero attached hydrogens (tertiary/aromatic N) is 1. The molecule has 2 aromatic rings. The smallest absolute Gasteiger partial charge is 0.220 e. The van der Waals surface area contributed by atoms with Crippen molar-refractivity contribution in [3.8, 4) is 0 Å². The molecule has 1 amide bonds. The lowest BCUT2D eigenvalue weighted by atomic mass is 9.89. The summed E-state index contributed by atoms with van der Waals surface area (Å²) in [7, 11) is 0. The van der Waals surface area contributed by atoms with Gasteiger partial charge in [0.1, 0.15) is 5.52 Å². The molecule has 0 radical (unpaired) electrons. The van der Waals surface area contributed by atoms with Gasteiger partial charge in [0.15, 0.2) is 11.5 Å². The third-order valence-corrected chi connectivity index (χ3v) is 4.45. The lowest BCUT2D eigenvalue weighted by Crippen LogP contribution is -2.30. The number of oxazole rings is 1. The van der Waals surface area contributed by atoms with E-state index in [0.717, 1.165) is 30.0 Å². The first kappa shape index (κ1) is 15.1. The maximum atomic E-state index is 11.9. The van der Waals surface area contributed by atoms with Crippen molar-refractivity contribution in [2.45, 2.75) is 51.4 Å². The Morgan fingerprint density at radius 2 is 2.05 bits per heavy atom. The molecule has 1 saturated carbocycles. The lowest BCUT2D eigenvalue weighted by molar-refractivity contribution is -0.121. The van der Waals surface area contributed by atoms with Crippen molar-refractivity contribution >= 4 is 17.0 Å². The molecule has 0 spiro atoms. The van der Waals surface area contributed by atoms with E-state index in [1.165, 1.54) is 32.1 Å². The maximum Gasteiger partial charge on any atom is 0.220 e. The Morgan fingerprint density at radius 3 is 2.86 bits per heavy atom. The predicted octanol–water partition coefficient (Wildman–Crippen LogP) is 3.85. The molecule has 1 aliphatic rings. The zero-order valence-electron chi connectivity index (χ0n) is 13.0. The van der Waals surface area contributed by atoms with E-state index in [1.54, 1.807) is 0 Å². The molecule has 1 aliphatic carbocycles. The first-order chi connectivity index (χ1) is 10.8. The van der Waals surface area contributed by atoms with Gasteiger partial charge >= 0.3 is 0 Å². The molecule has 1 aromatic carbocycles. The molecule has 3 rings (SSSR count). The zero-order chi connectivity index (χ0) is 15.2. The molecule has 22 heavy (non-hydrogen) atoms. The van der Waals surface area contributed by atoms with Crippen molar-refractivity contribution in [2.24, 2.45) is 5.92 Å². The lowest BCUT2D eigenvalue weighted by Gasteiger charge is -2.21. The molecule has 0 bridgehead atoms. The van der Waals surface area contributed by atoms with Gasteiger partial charge in [-0.1, -0.05) is 31.4 Å². The summed E-state index contributed by atoms with van der Waals surface area (Å²) >= 11 is 0. The highest BCUT2D eigenvalue weighted by Gasteiger charge is 2.14. The minimum absolute atomic E-state index is 0.154. The van der Waals surface area contributed by atoms with Gasteiger partial charge in [0.2, 0.25) is 5.91 Å². The molecule has 0 atom stereocenters. The van der Waals surface area contributed by atoms with Crippen molar-refractivity contribution in [1.29, 1.82) is 0 Å². The fourth-order valence-corrected chi connectivity index (χ4v) is 3.16. The van der Waals surface area contributed by atoms with Gasteiger partial charge in [0.25, 0.3) is 0 Å². The fraction of sp³-hybridized carbons (Fsp3) is 0.556. The van der Waals surface area contributed by atoms with Crippen molar-refractivity contribution in [3.05, 3.63) is 30.2 Å². The van der Waals surface area contributed by atoms with Gasteiger partial charge < -0.3 is 9.73 Å². The Kier molecular flexibility index (Phi) is 5.09. The molecule has 1 fully saturated rings. The van der Waals surface area contributed by atoms with Gasteiger partial charge in [-0.2, -0.15) is 0 Å². The van der Waals surface area contributed by atoms with E-state index in [1.807, 2.05) is 24.3 Å². The molecular formula is C18H24N2O2. The van der Waals surface area contributed by atoms with Crippen molar-refractivity contribution in [3.63, 3.8) is 0 Å². The van der Waals surface area contributed by atoms with Gasteiger partial charge in [-0.3, -0.25) is 4.79 Å². The van der Waals surface area contributed by atoms with Crippen LogP contribution in [-0.2, 0) is 11.2 Å². The Balaban J connectivity index is 1.37. The number of para-hydroxylation sites is 2. The molecule has 0 unspecified atom stereocenters. The molecule has 118 valence electrons. The molecule has 0 saturated heterocycles. The average Bonchev–Trinajstić information content (AvgIpc) is 2.96. The highest BCUT2D eigenvalue weighted by atomic mass is 16.3. The summed E-state index contributed by atoms with van der Waals surface area (Å²) in [4.78, 5) is 16.3. The summed E-state index contributed by atoms with van der Waals surface area (Å²) in [6.07, 6.45) is 8.57. The Labute approximate surface area is 131 Å². The monoisotopic (exact) mass is 300 g/mol. The number of rotatable bonds is 6. The summed E-state index contributed by atoms with van der Waals surface area (Å²) in [6, 6.07) is 7.76. The first-order valence-corrected chi connectivity index (χ1v) is 8.42. The highest BCUT2D eigenvalue weighted by molar-refractivity contribution is 5.75. The SMILES string of the molecule is O=C(CCCc1nc2ccccc2o1)NCC1CCCCC1. The fourth-order valence-electron chi connectivity index (χ4n) is 3.16. The minimum Gasteiger partial charge on any atom is -0.441 e. The third kappa shape index (κ3) is 4.09. The molecule has 1 aromatic heterocycles. The molecule has 4 nitrogen and oxygen atoms in total. The van der Waals surface area contributed by atoms with Gasteiger partial charge in [-0.25, -0.2) is 4.98 Å². The number of carbonyl (C=O) groups is 1. The molecule has 0 aliphatic heterocycles. The average molecular weight is 300 g/mol. The third-order valence-electron chi connectivity index (χ3n) is 4.45. The summed E-state index contributed by atoms with van der Waals surface area (Å²) in [5.41, 5.74) is 1.71. The number of aromatic nitrogens is 1. The van der Waals surface area contributed by atoms with Crippen LogP contribution in [0.3, 0.4) is 0 Å². The molecule has 4 heteroatoms. The van der Waals surface area contributed by atoms with Crippen LogP contribution in [0, 0.1) is 5.92 Å². The van der Waals surface area contributed by atoms with Crippen LogP contribution in [0.5, 0.6) is 0 Å². The number of nitrogens with one attached hydrogen (secondary N) is 1. The van der Waals surface area contributed by atoms with Crippen LogP contribution in [0.25, 0.3) is 11.1 Å². The number of hydrogen-bond acceptors (Lipinski definition) is 3. The van der Waals surface area contributed by atoms with Gasteiger partial charge in [-0.15, -0.1) is 0 Å². The summed E-state index contributed by atoms with van der Waals surface area (Å²) in [5, 5.41) is 3.08. The summed E-state index contributed by atoms with van der Waals surface area (Å²) in [6.45, 7) is 0.849. The maximum absolute atomic E-state index is 11.9. The zero-order valence-corrected chi connectivity index (χ0v) is 13.0. The van der Waals surface area contributed by atoms with E-state index in [2.05, 4.69) is 10.3 Å². The highest BCUT2D eigenvalue weighted by Crippen LogP contribution is 2.22. The largest absolute Gasteiger partial charge is 0.441 e. The van der Waals surface area contributed by atoms with E-state index in [0.29, 0.717) is 18.8 Å². The summed E-state index contributed by atoms with van der Waals surface area (Å²) < 4.78 is 5.66. The van der Waals surface area contributed by atoms with Crippen LogP contribution in [0.2, 0.25) is 0 Å². The van der Waals surface area contributed by atoms with Gasteiger partial charge in [0.05, 0.1) is 0 Å².